The van der Waals surface area contributed by atoms with Gasteiger partial charge < -0.3 is 15.4 Å². The van der Waals surface area contributed by atoms with Crippen molar-refractivity contribution < 1.29 is 14.7 Å². The van der Waals surface area contributed by atoms with Gasteiger partial charge in [0.1, 0.15) is 0 Å². The number of carbonyl (C=O) groups is 2. The van der Waals surface area contributed by atoms with Crippen LogP contribution in [0.4, 0.5) is 0 Å². The SMILES string of the molecule is Cc1[nH]c2ccccc2c1CC(=O)N[C@H]1CCCCC[C@H]1C(=O)O. The van der Waals surface area contributed by atoms with E-state index in [2.05, 4.69) is 10.3 Å². The summed E-state index contributed by atoms with van der Waals surface area (Å²) in [5.74, 6) is -1.37. The lowest BCUT2D eigenvalue weighted by molar-refractivity contribution is -0.143. The highest BCUT2D eigenvalue weighted by Crippen LogP contribution is 2.25. The molecule has 1 amide bonds. The summed E-state index contributed by atoms with van der Waals surface area (Å²) < 4.78 is 0. The topological polar surface area (TPSA) is 82.2 Å². The van der Waals surface area contributed by atoms with E-state index in [0.29, 0.717) is 6.42 Å². The number of hydrogen-bond donors (Lipinski definition) is 3. The van der Waals surface area contributed by atoms with E-state index in [1.54, 1.807) is 0 Å². The lowest BCUT2D eigenvalue weighted by Crippen LogP contribution is -2.43. The number of rotatable bonds is 4. The molecule has 1 fully saturated rings. The zero-order chi connectivity index (χ0) is 17.1. The molecule has 2 aromatic rings. The number of nitrogens with one attached hydrogen (secondary N) is 2. The van der Waals surface area contributed by atoms with Gasteiger partial charge in [-0.2, -0.15) is 0 Å². The van der Waals surface area contributed by atoms with Crippen molar-refractivity contribution in [3.05, 3.63) is 35.5 Å². The Morgan fingerprint density at radius 3 is 2.75 bits per heavy atom. The average Bonchev–Trinajstić information content (AvgIpc) is 2.72. The number of para-hydroxylation sites is 1. The number of hydrogen-bond acceptors (Lipinski definition) is 2. The van der Waals surface area contributed by atoms with Crippen LogP contribution in [0.1, 0.15) is 43.4 Å². The number of H-pyrrole nitrogens is 1. The van der Waals surface area contributed by atoms with Gasteiger partial charge in [0, 0.05) is 22.6 Å². The zero-order valence-corrected chi connectivity index (χ0v) is 14.0. The number of carboxylic acid groups (broad SMARTS) is 1. The van der Waals surface area contributed by atoms with E-state index in [-0.39, 0.29) is 18.4 Å². The number of benzene rings is 1. The lowest BCUT2D eigenvalue weighted by atomic mass is 9.94. The van der Waals surface area contributed by atoms with Gasteiger partial charge in [0.15, 0.2) is 0 Å². The fourth-order valence-electron chi connectivity index (χ4n) is 3.76. The summed E-state index contributed by atoms with van der Waals surface area (Å²) in [5, 5.41) is 13.5. The normalized spacial score (nSPS) is 21.4. The molecule has 5 heteroatoms. The van der Waals surface area contributed by atoms with Gasteiger partial charge in [-0.25, -0.2) is 0 Å². The van der Waals surface area contributed by atoms with Gasteiger partial charge in [0.25, 0.3) is 0 Å². The third kappa shape index (κ3) is 3.45. The summed E-state index contributed by atoms with van der Waals surface area (Å²) in [4.78, 5) is 27.3. The van der Waals surface area contributed by atoms with Gasteiger partial charge in [-0.05, 0) is 31.4 Å². The molecule has 0 bridgehead atoms. The predicted octanol–water partition coefficient (Wildman–Crippen LogP) is 3.17. The molecule has 2 atom stereocenters. The molecule has 1 heterocycles. The first-order valence-electron chi connectivity index (χ1n) is 8.64. The van der Waals surface area contributed by atoms with Crippen molar-refractivity contribution in [2.45, 2.75) is 51.5 Å². The predicted molar refractivity (Wildman–Crippen MR) is 92.9 cm³/mol. The molecule has 1 aromatic carbocycles. The maximum absolute atomic E-state index is 12.5. The molecule has 0 unspecified atom stereocenters. The average molecular weight is 328 g/mol. The molecule has 1 aliphatic carbocycles. The van der Waals surface area contributed by atoms with Crippen LogP contribution in [0, 0.1) is 12.8 Å². The second kappa shape index (κ2) is 7.07. The second-order valence-electron chi connectivity index (χ2n) is 6.71. The maximum Gasteiger partial charge on any atom is 0.308 e. The van der Waals surface area contributed by atoms with E-state index < -0.39 is 11.9 Å². The van der Waals surface area contributed by atoms with E-state index in [1.807, 2.05) is 31.2 Å². The molecule has 24 heavy (non-hydrogen) atoms. The van der Waals surface area contributed by atoms with Gasteiger partial charge >= 0.3 is 5.97 Å². The molecule has 128 valence electrons. The summed E-state index contributed by atoms with van der Waals surface area (Å²) in [6, 6.07) is 7.67. The van der Waals surface area contributed by atoms with Gasteiger partial charge in [-0.1, -0.05) is 37.5 Å². The number of aryl methyl sites for hydroxylation is 1. The molecular formula is C19H24N2O3. The van der Waals surface area contributed by atoms with Crippen LogP contribution in [0.2, 0.25) is 0 Å². The van der Waals surface area contributed by atoms with Crippen LogP contribution in [0.25, 0.3) is 10.9 Å². The van der Waals surface area contributed by atoms with Crippen LogP contribution in [0.5, 0.6) is 0 Å². The number of amides is 1. The zero-order valence-electron chi connectivity index (χ0n) is 14.0. The van der Waals surface area contributed by atoms with E-state index >= 15 is 0 Å². The minimum atomic E-state index is -0.800. The van der Waals surface area contributed by atoms with Gasteiger partial charge in [0.2, 0.25) is 5.91 Å². The van der Waals surface area contributed by atoms with Crippen molar-refractivity contribution in [2.75, 3.05) is 0 Å². The summed E-state index contributed by atoms with van der Waals surface area (Å²) in [7, 11) is 0. The lowest BCUT2D eigenvalue weighted by Gasteiger charge is -2.23. The number of fused-ring (bicyclic) bond motifs is 1. The number of aromatic amines is 1. The van der Waals surface area contributed by atoms with Crippen LogP contribution in [-0.4, -0.2) is 28.0 Å². The monoisotopic (exact) mass is 328 g/mol. The molecule has 5 nitrogen and oxygen atoms in total. The molecule has 1 aliphatic rings. The minimum absolute atomic E-state index is 0.0963. The fraction of sp³-hybridized carbons (Fsp3) is 0.474. The first-order valence-corrected chi connectivity index (χ1v) is 8.64. The summed E-state index contributed by atoms with van der Waals surface area (Å²) in [6.07, 6.45) is 4.60. The second-order valence-corrected chi connectivity index (χ2v) is 6.71. The Labute approximate surface area is 141 Å². The standard InChI is InChI=1S/C19H24N2O3/c1-12-15(13-7-5-6-10-16(13)20-12)11-18(22)21-17-9-4-2-3-8-14(17)19(23)24/h5-7,10,14,17,20H,2-4,8-9,11H2,1H3,(H,21,22)(H,23,24)/t14-,17+/m1/s1. The third-order valence-electron chi connectivity index (χ3n) is 5.04. The number of carboxylic acids is 1. The molecule has 0 radical (unpaired) electrons. The Kier molecular flexibility index (Phi) is 4.88. The minimum Gasteiger partial charge on any atom is -0.481 e. The van der Waals surface area contributed by atoms with Gasteiger partial charge in [-0.15, -0.1) is 0 Å². The molecule has 3 N–H and O–H groups in total. The highest BCUT2D eigenvalue weighted by atomic mass is 16.4. The van der Waals surface area contributed by atoms with Crippen molar-refractivity contribution >= 4 is 22.8 Å². The Morgan fingerprint density at radius 2 is 1.96 bits per heavy atom. The third-order valence-corrected chi connectivity index (χ3v) is 5.04. The molecule has 0 spiro atoms. The van der Waals surface area contributed by atoms with E-state index in [1.165, 1.54) is 0 Å². The molecule has 0 saturated heterocycles. The van der Waals surface area contributed by atoms with Crippen LogP contribution < -0.4 is 5.32 Å². The molecule has 1 saturated carbocycles. The summed E-state index contributed by atoms with van der Waals surface area (Å²) >= 11 is 0. The quantitative estimate of drug-likeness (QED) is 0.754. The summed E-state index contributed by atoms with van der Waals surface area (Å²) in [6.45, 7) is 1.97. The fourth-order valence-corrected chi connectivity index (χ4v) is 3.76. The number of aromatic nitrogens is 1. The van der Waals surface area contributed by atoms with Crippen LogP contribution in [0.3, 0.4) is 0 Å². The highest BCUT2D eigenvalue weighted by Gasteiger charge is 2.30. The Morgan fingerprint density at radius 1 is 1.21 bits per heavy atom. The number of aliphatic carboxylic acids is 1. The highest BCUT2D eigenvalue weighted by molar-refractivity contribution is 5.90. The largest absolute Gasteiger partial charge is 0.481 e. The van der Waals surface area contributed by atoms with E-state index in [9.17, 15) is 14.7 Å². The van der Waals surface area contributed by atoms with Crippen molar-refractivity contribution in [1.29, 1.82) is 0 Å². The molecule has 1 aromatic heterocycles. The van der Waals surface area contributed by atoms with E-state index in [4.69, 9.17) is 0 Å². The number of carbonyl (C=O) groups excluding carboxylic acids is 1. The van der Waals surface area contributed by atoms with Crippen molar-refractivity contribution in [3.8, 4) is 0 Å². The first-order chi connectivity index (χ1) is 11.6. The van der Waals surface area contributed by atoms with Crippen molar-refractivity contribution in [2.24, 2.45) is 5.92 Å². The van der Waals surface area contributed by atoms with Crippen molar-refractivity contribution in [3.63, 3.8) is 0 Å². The molecule has 3 rings (SSSR count). The van der Waals surface area contributed by atoms with Crippen molar-refractivity contribution in [1.82, 2.24) is 10.3 Å². The van der Waals surface area contributed by atoms with Gasteiger partial charge in [-0.3, -0.25) is 9.59 Å². The van der Waals surface area contributed by atoms with Gasteiger partial charge in [0.05, 0.1) is 12.3 Å². The van der Waals surface area contributed by atoms with Crippen LogP contribution in [0.15, 0.2) is 24.3 Å². The Bertz CT molecular complexity index is 750. The van der Waals surface area contributed by atoms with Crippen LogP contribution in [-0.2, 0) is 16.0 Å². The molecule has 0 aliphatic heterocycles. The molecular weight excluding hydrogens is 304 g/mol. The van der Waals surface area contributed by atoms with E-state index in [0.717, 1.165) is 47.8 Å². The summed E-state index contributed by atoms with van der Waals surface area (Å²) in [5.41, 5.74) is 3.00. The maximum atomic E-state index is 12.5. The first kappa shape index (κ1) is 16.6. The Balaban J connectivity index is 1.74. The smallest absolute Gasteiger partial charge is 0.308 e. The van der Waals surface area contributed by atoms with Crippen LogP contribution >= 0.6 is 0 Å². The Hall–Kier alpha value is -2.30.